The topological polar surface area (TPSA) is 58.6 Å². The molecule has 4 nitrogen and oxygen atoms in total. The standard InChI is InChI=1S/C11H10ClN3OS/c1-17-11-14-6-8(10(16)15-11)4-7-2-3-9(12)13-5-7/h2-3,5-6H,4H2,1H3,(H,14,15,16). The van der Waals surface area contributed by atoms with Gasteiger partial charge in [-0.2, -0.15) is 4.98 Å². The van der Waals surface area contributed by atoms with Gasteiger partial charge in [0.2, 0.25) is 0 Å². The van der Waals surface area contributed by atoms with Gasteiger partial charge in [0, 0.05) is 24.4 Å². The van der Waals surface area contributed by atoms with Crippen molar-refractivity contribution in [1.82, 2.24) is 15.0 Å². The molecule has 0 atom stereocenters. The van der Waals surface area contributed by atoms with Crippen LogP contribution in [0.5, 0.6) is 0 Å². The Balaban J connectivity index is 2.24. The highest BCUT2D eigenvalue weighted by atomic mass is 35.5. The number of rotatable bonds is 3. The maximum atomic E-state index is 11.7. The number of aromatic nitrogens is 3. The highest BCUT2D eigenvalue weighted by molar-refractivity contribution is 7.98. The summed E-state index contributed by atoms with van der Waals surface area (Å²) < 4.78 is 0. The lowest BCUT2D eigenvalue weighted by atomic mass is 10.1. The minimum absolute atomic E-state index is 0.206. The quantitative estimate of drug-likeness (QED) is 0.526. The predicted molar refractivity (Wildman–Crippen MR) is 68.7 cm³/mol. The van der Waals surface area contributed by atoms with Gasteiger partial charge in [-0.05, 0) is 17.9 Å². The molecule has 2 heterocycles. The van der Waals surface area contributed by atoms with Crippen molar-refractivity contribution in [3.8, 4) is 0 Å². The molecule has 0 unspecified atom stereocenters. The lowest BCUT2D eigenvalue weighted by molar-refractivity contribution is 0.900. The molecule has 6 heteroatoms. The Hall–Kier alpha value is -1.33. The molecule has 0 aliphatic carbocycles. The van der Waals surface area contributed by atoms with Crippen molar-refractivity contribution in [2.24, 2.45) is 0 Å². The zero-order valence-corrected chi connectivity index (χ0v) is 10.7. The largest absolute Gasteiger partial charge is 0.341 e. The first-order chi connectivity index (χ1) is 8.19. The smallest absolute Gasteiger partial charge is 0.277 e. The van der Waals surface area contributed by atoms with Gasteiger partial charge in [0.1, 0.15) is 5.15 Å². The van der Waals surface area contributed by atoms with Crippen LogP contribution in [-0.4, -0.2) is 21.2 Å². The number of nitrogens with one attached hydrogen (secondary N) is 1. The lowest BCUT2D eigenvalue weighted by Gasteiger charge is -2.01. The van der Waals surface area contributed by atoms with Gasteiger partial charge in [-0.15, -0.1) is 0 Å². The summed E-state index contributed by atoms with van der Waals surface area (Å²) in [5.74, 6) is 0. The van der Waals surface area contributed by atoms with E-state index in [9.17, 15) is 4.79 Å². The highest BCUT2D eigenvalue weighted by Crippen LogP contribution is 2.09. The van der Waals surface area contributed by atoms with Crippen LogP contribution in [0.3, 0.4) is 0 Å². The Kier molecular flexibility index (Phi) is 3.81. The minimum atomic E-state index is -0.206. The van der Waals surface area contributed by atoms with Gasteiger partial charge < -0.3 is 4.98 Å². The summed E-state index contributed by atoms with van der Waals surface area (Å²) in [5.41, 5.74) is 1.34. The molecular weight excluding hydrogens is 258 g/mol. The van der Waals surface area contributed by atoms with Gasteiger partial charge in [-0.25, -0.2) is 4.98 Å². The molecule has 0 aliphatic rings. The van der Waals surface area contributed by atoms with E-state index in [1.807, 2.05) is 12.3 Å². The van der Waals surface area contributed by atoms with Crippen molar-refractivity contribution in [3.05, 3.63) is 51.2 Å². The SMILES string of the molecule is CSc1nc(=O)c(Cc2ccc(Cl)nc2)c[nH]1. The molecule has 1 N–H and O–H groups in total. The van der Waals surface area contributed by atoms with E-state index in [4.69, 9.17) is 11.6 Å². The maximum absolute atomic E-state index is 11.7. The number of hydrogen-bond acceptors (Lipinski definition) is 4. The average molecular weight is 268 g/mol. The Bertz CT molecular complexity index is 568. The molecule has 0 saturated heterocycles. The van der Waals surface area contributed by atoms with Crippen molar-refractivity contribution in [1.29, 1.82) is 0 Å². The Morgan fingerprint density at radius 3 is 2.88 bits per heavy atom. The molecule has 0 aliphatic heterocycles. The highest BCUT2D eigenvalue weighted by Gasteiger charge is 2.04. The van der Waals surface area contributed by atoms with Crippen LogP contribution in [0.2, 0.25) is 5.15 Å². The van der Waals surface area contributed by atoms with E-state index < -0.39 is 0 Å². The zero-order chi connectivity index (χ0) is 12.3. The number of pyridine rings is 1. The molecule has 2 aromatic heterocycles. The first-order valence-corrected chi connectivity index (χ1v) is 6.52. The number of nitrogens with zero attached hydrogens (tertiary/aromatic N) is 2. The summed E-state index contributed by atoms with van der Waals surface area (Å²) >= 11 is 7.09. The monoisotopic (exact) mass is 267 g/mol. The fourth-order valence-electron chi connectivity index (χ4n) is 1.37. The summed E-state index contributed by atoms with van der Waals surface area (Å²) in [6.07, 6.45) is 5.71. The predicted octanol–water partition coefficient (Wildman–Crippen LogP) is 2.13. The molecule has 0 bridgehead atoms. The van der Waals surface area contributed by atoms with Crippen LogP contribution in [0.15, 0.2) is 34.5 Å². The molecule has 0 amide bonds. The summed E-state index contributed by atoms with van der Waals surface area (Å²) in [4.78, 5) is 22.5. The number of halogens is 1. The van der Waals surface area contributed by atoms with Gasteiger partial charge >= 0.3 is 0 Å². The number of thioether (sulfide) groups is 1. The van der Waals surface area contributed by atoms with Gasteiger partial charge in [0.05, 0.1) is 0 Å². The zero-order valence-electron chi connectivity index (χ0n) is 9.11. The van der Waals surface area contributed by atoms with E-state index in [0.717, 1.165) is 5.56 Å². The van der Waals surface area contributed by atoms with Gasteiger partial charge in [-0.1, -0.05) is 29.4 Å². The summed E-state index contributed by atoms with van der Waals surface area (Å²) in [5, 5.41) is 1.06. The normalized spacial score (nSPS) is 10.5. The van der Waals surface area contributed by atoms with E-state index in [-0.39, 0.29) is 5.56 Å². The molecule has 17 heavy (non-hydrogen) atoms. The van der Waals surface area contributed by atoms with Crippen molar-refractivity contribution in [3.63, 3.8) is 0 Å². The molecule has 2 aromatic rings. The first-order valence-electron chi connectivity index (χ1n) is 4.92. The van der Waals surface area contributed by atoms with Crippen LogP contribution in [0, 0.1) is 0 Å². The van der Waals surface area contributed by atoms with Crippen LogP contribution < -0.4 is 5.56 Å². The molecular formula is C11H10ClN3OS. The fourth-order valence-corrected chi connectivity index (χ4v) is 1.83. The second-order valence-corrected chi connectivity index (χ2v) is 4.59. The van der Waals surface area contributed by atoms with Crippen LogP contribution in [0.25, 0.3) is 0 Å². The number of hydrogen-bond donors (Lipinski definition) is 1. The van der Waals surface area contributed by atoms with Crippen LogP contribution in [0.1, 0.15) is 11.1 Å². The van der Waals surface area contributed by atoms with Crippen molar-refractivity contribution >= 4 is 23.4 Å². The summed E-state index contributed by atoms with van der Waals surface area (Å²) in [6, 6.07) is 3.55. The third-order valence-electron chi connectivity index (χ3n) is 2.22. The molecule has 88 valence electrons. The first kappa shape index (κ1) is 12.1. The fraction of sp³-hybridized carbons (Fsp3) is 0.182. The van der Waals surface area contributed by atoms with E-state index in [0.29, 0.717) is 22.3 Å². The molecule has 0 aromatic carbocycles. The third kappa shape index (κ3) is 3.08. The number of aromatic amines is 1. The summed E-state index contributed by atoms with van der Waals surface area (Å²) in [6.45, 7) is 0. The van der Waals surface area contributed by atoms with Gasteiger partial charge in [0.15, 0.2) is 5.16 Å². The van der Waals surface area contributed by atoms with E-state index in [2.05, 4.69) is 15.0 Å². The van der Waals surface area contributed by atoms with Crippen molar-refractivity contribution < 1.29 is 0 Å². The maximum Gasteiger partial charge on any atom is 0.277 e. The molecule has 0 fully saturated rings. The third-order valence-corrected chi connectivity index (χ3v) is 3.04. The van der Waals surface area contributed by atoms with E-state index >= 15 is 0 Å². The Morgan fingerprint density at radius 2 is 2.29 bits per heavy atom. The van der Waals surface area contributed by atoms with Crippen LogP contribution in [0.4, 0.5) is 0 Å². The molecule has 0 radical (unpaired) electrons. The van der Waals surface area contributed by atoms with Crippen molar-refractivity contribution in [2.45, 2.75) is 11.6 Å². The second-order valence-electron chi connectivity index (χ2n) is 3.41. The molecule has 0 saturated carbocycles. The minimum Gasteiger partial charge on any atom is -0.341 e. The van der Waals surface area contributed by atoms with Crippen LogP contribution >= 0.6 is 23.4 Å². The van der Waals surface area contributed by atoms with Crippen LogP contribution in [-0.2, 0) is 6.42 Å². The van der Waals surface area contributed by atoms with Gasteiger partial charge in [-0.3, -0.25) is 4.79 Å². The Labute approximate surface area is 107 Å². The molecule has 2 rings (SSSR count). The van der Waals surface area contributed by atoms with E-state index in [1.54, 1.807) is 18.5 Å². The molecule has 0 spiro atoms. The van der Waals surface area contributed by atoms with Crippen molar-refractivity contribution in [2.75, 3.05) is 6.26 Å². The van der Waals surface area contributed by atoms with Gasteiger partial charge in [0.25, 0.3) is 5.56 Å². The van der Waals surface area contributed by atoms with E-state index in [1.165, 1.54) is 11.8 Å². The number of H-pyrrole nitrogens is 1. The second kappa shape index (κ2) is 5.33. The lowest BCUT2D eigenvalue weighted by Crippen LogP contribution is -2.14. The Morgan fingerprint density at radius 1 is 1.47 bits per heavy atom. The average Bonchev–Trinajstić information content (AvgIpc) is 2.34. The summed E-state index contributed by atoms with van der Waals surface area (Å²) in [7, 11) is 0.